The summed E-state index contributed by atoms with van der Waals surface area (Å²) in [6, 6.07) is 18.1. The molecule has 2 aromatic rings. The first-order valence-electron chi connectivity index (χ1n) is 6.80. The molecule has 0 radical (unpaired) electrons. The van der Waals surface area contributed by atoms with Crippen molar-refractivity contribution in [3.63, 3.8) is 0 Å². The van der Waals surface area contributed by atoms with Crippen molar-refractivity contribution in [1.82, 2.24) is 0 Å². The van der Waals surface area contributed by atoms with Gasteiger partial charge in [-0.15, -0.1) is 0 Å². The Morgan fingerprint density at radius 3 is 2.35 bits per heavy atom. The van der Waals surface area contributed by atoms with E-state index in [4.69, 9.17) is 4.74 Å². The average Bonchev–Trinajstić information content (AvgIpc) is 2.48. The number of hydrogen-bond donors (Lipinski definition) is 1. The number of nitrogens with one attached hydrogen (secondary N) is 1. The smallest absolute Gasteiger partial charge is 0.310 e. The van der Waals surface area contributed by atoms with Crippen LogP contribution in [-0.4, -0.2) is 12.6 Å². The quantitative estimate of drug-likeness (QED) is 0.817. The molecule has 1 N–H and O–H groups in total. The first kappa shape index (κ1) is 14.1. The molecular formula is C17H19NO2. The largest absolute Gasteiger partial charge is 0.466 e. The first-order valence-corrected chi connectivity index (χ1v) is 6.80. The molecule has 0 unspecified atom stereocenters. The van der Waals surface area contributed by atoms with E-state index in [0.717, 1.165) is 17.8 Å². The number of carbonyl (C=O) groups is 1. The molecule has 0 amide bonds. The van der Waals surface area contributed by atoms with Crippen LogP contribution in [-0.2, 0) is 22.5 Å². The topological polar surface area (TPSA) is 38.3 Å². The Morgan fingerprint density at radius 1 is 1.00 bits per heavy atom. The summed E-state index contributed by atoms with van der Waals surface area (Å²) in [6.07, 6.45) is 0.326. The molecule has 0 atom stereocenters. The molecule has 0 heterocycles. The Hall–Kier alpha value is -2.29. The fourth-order valence-electron chi connectivity index (χ4n) is 1.92. The van der Waals surface area contributed by atoms with Crippen molar-refractivity contribution < 1.29 is 9.53 Å². The van der Waals surface area contributed by atoms with Crippen LogP contribution in [0.2, 0.25) is 0 Å². The van der Waals surface area contributed by atoms with Gasteiger partial charge in [0.15, 0.2) is 0 Å². The van der Waals surface area contributed by atoms with Gasteiger partial charge in [-0.2, -0.15) is 0 Å². The lowest BCUT2D eigenvalue weighted by molar-refractivity contribution is -0.142. The van der Waals surface area contributed by atoms with E-state index in [0.29, 0.717) is 13.0 Å². The standard InChI is InChI=1S/C17H19NO2/c1-2-20-17(19)12-14-8-10-16(11-9-14)18-13-15-6-4-3-5-7-15/h3-11,18H,2,12-13H2,1H3. The highest BCUT2D eigenvalue weighted by atomic mass is 16.5. The van der Waals surface area contributed by atoms with Gasteiger partial charge in [0, 0.05) is 12.2 Å². The second-order valence-corrected chi connectivity index (χ2v) is 4.52. The average molecular weight is 269 g/mol. The first-order chi connectivity index (χ1) is 9.78. The van der Waals surface area contributed by atoms with E-state index < -0.39 is 0 Å². The fourth-order valence-corrected chi connectivity index (χ4v) is 1.92. The van der Waals surface area contributed by atoms with E-state index in [1.807, 2.05) is 49.4 Å². The van der Waals surface area contributed by atoms with Crippen LogP contribution in [0.1, 0.15) is 18.1 Å². The van der Waals surface area contributed by atoms with Crippen molar-refractivity contribution >= 4 is 11.7 Å². The minimum absolute atomic E-state index is 0.183. The van der Waals surface area contributed by atoms with Crippen molar-refractivity contribution in [2.24, 2.45) is 0 Å². The Balaban J connectivity index is 1.87. The number of esters is 1. The zero-order valence-corrected chi connectivity index (χ0v) is 11.6. The van der Waals surface area contributed by atoms with Gasteiger partial charge in [-0.05, 0) is 30.2 Å². The predicted molar refractivity (Wildman–Crippen MR) is 80.5 cm³/mol. The van der Waals surface area contributed by atoms with Crippen LogP contribution in [0.15, 0.2) is 54.6 Å². The maximum atomic E-state index is 11.4. The lowest BCUT2D eigenvalue weighted by Crippen LogP contribution is -2.07. The van der Waals surface area contributed by atoms with E-state index >= 15 is 0 Å². The molecule has 0 saturated carbocycles. The summed E-state index contributed by atoms with van der Waals surface area (Å²) in [5.41, 5.74) is 3.25. The van der Waals surface area contributed by atoms with Crippen LogP contribution < -0.4 is 5.32 Å². The molecular weight excluding hydrogens is 250 g/mol. The number of anilines is 1. The van der Waals surface area contributed by atoms with Crippen LogP contribution in [0.4, 0.5) is 5.69 Å². The summed E-state index contributed by atoms with van der Waals surface area (Å²) in [6.45, 7) is 3.03. The molecule has 0 aromatic heterocycles. The SMILES string of the molecule is CCOC(=O)Cc1ccc(NCc2ccccc2)cc1. The zero-order valence-electron chi connectivity index (χ0n) is 11.6. The number of hydrogen-bond acceptors (Lipinski definition) is 3. The number of ether oxygens (including phenoxy) is 1. The van der Waals surface area contributed by atoms with Crippen LogP contribution in [0.5, 0.6) is 0 Å². The third kappa shape index (κ3) is 4.43. The normalized spacial score (nSPS) is 10.1. The van der Waals surface area contributed by atoms with Gasteiger partial charge in [0.1, 0.15) is 0 Å². The van der Waals surface area contributed by atoms with E-state index in [1.54, 1.807) is 0 Å². The third-order valence-electron chi connectivity index (χ3n) is 2.95. The number of carbonyl (C=O) groups excluding carboxylic acids is 1. The Labute approximate surface area is 119 Å². The van der Waals surface area contributed by atoms with Crippen LogP contribution in [0.3, 0.4) is 0 Å². The van der Waals surface area contributed by atoms with Gasteiger partial charge in [-0.1, -0.05) is 42.5 Å². The molecule has 0 fully saturated rings. The minimum Gasteiger partial charge on any atom is -0.466 e. The highest BCUT2D eigenvalue weighted by molar-refractivity contribution is 5.72. The van der Waals surface area contributed by atoms with E-state index in [9.17, 15) is 4.79 Å². The summed E-state index contributed by atoms with van der Waals surface area (Å²) in [4.78, 5) is 11.4. The molecule has 0 spiro atoms. The summed E-state index contributed by atoms with van der Waals surface area (Å²) < 4.78 is 4.93. The van der Waals surface area contributed by atoms with Gasteiger partial charge in [-0.25, -0.2) is 0 Å². The molecule has 2 aromatic carbocycles. The second kappa shape index (κ2) is 7.34. The molecule has 3 heteroatoms. The Kier molecular flexibility index (Phi) is 5.18. The fraction of sp³-hybridized carbons (Fsp3) is 0.235. The zero-order chi connectivity index (χ0) is 14.2. The molecule has 20 heavy (non-hydrogen) atoms. The molecule has 0 aliphatic heterocycles. The van der Waals surface area contributed by atoms with Gasteiger partial charge in [-0.3, -0.25) is 4.79 Å². The molecule has 3 nitrogen and oxygen atoms in total. The van der Waals surface area contributed by atoms with Crippen molar-refractivity contribution in [1.29, 1.82) is 0 Å². The summed E-state index contributed by atoms with van der Waals surface area (Å²) in [5, 5.41) is 3.35. The molecule has 0 aliphatic rings. The second-order valence-electron chi connectivity index (χ2n) is 4.52. The lowest BCUT2D eigenvalue weighted by atomic mass is 10.1. The van der Waals surface area contributed by atoms with Gasteiger partial charge in [0.25, 0.3) is 0 Å². The predicted octanol–water partition coefficient (Wildman–Crippen LogP) is 3.40. The van der Waals surface area contributed by atoms with Crippen molar-refractivity contribution in [2.45, 2.75) is 19.9 Å². The Bertz CT molecular complexity index is 535. The monoisotopic (exact) mass is 269 g/mol. The maximum absolute atomic E-state index is 11.4. The highest BCUT2D eigenvalue weighted by Crippen LogP contribution is 2.12. The van der Waals surface area contributed by atoms with Gasteiger partial charge < -0.3 is 10.1 Å². The Morgan fingerprint density at radius 2 is 1.70 bits per heavy atom. The number of benzene rings is 2. The summed E-state index contributed by atoms with van der Waals surface area (Å²) in [7, 11) is 0. The molecule has 2 rings (SSSR count). The van der Waals surface area contributed by atoms with Gasteiger partial charge in [0.2, 0.25) is 0 Å². The minimum atomic E-state index is -0.183. The summed E-state index contributed by atoms with van der Waals surface area (Å²) >= 11 is 0. The van der Waals surface area contributed by atoms with Crippen molar-refractivity contribution in [3.05, 3.63) is 65.7 Å². The van der Waals surface area contributed by atoms with Crippen LogP contribution in [0.25, 0.3) is 0 Å². The molecule has 0 bridgehead atoms. The maximum Gasteiger partial charge on any atom is 0.310 e. The van der Waals surface area contributed by atoms with Crippen LogP contribution in [0, 0.1) is 0 Å². The number of rotatable bonds is 6. The molecule has 104 valence electrons. The molecule has 0 aliphatic carbocycles. The lowest BCUT2D eigenvalue weighted by Gasteiger charge is -2.07. The highest BCUT2D eigenvalue weighted by Gasteiger charge is 2.03. The van der Waals surface area contributed by atoms with Gasteiger partial charge in [0.05, 0.1) is 13.0 Å². The van der Waals surface area contributed by atoms with Crippen molar-refractivity contribution in [3.8, 4) is 0 Å². The van der Waals surface area contributed by atoms with Crippen LogP contribution >= 0.6 is 0 Å². The van der Waals surface area contributed by atoms with Crippen molar-refractivity contribution in [2.75, 3.05) is 11.9 Å². The van der Waals surface area contributed by atoms with E-state index in [-0.39, 0.29) is 5.97 Å². The summed E-state index contributed by atoms with van der Waals surface area (Å²) in [5.74, 6) is -0.183. The van der Waals surface area contributed by atoms with E-state index in [2.05, 4.69) is 17.4 Å². The van der Waals surface area contributed by atoms with Gasteiger partial charge >= 0.3 is 5.97 Å². The van der Waals surface area contributed by atoms with E-state index in [1.165, 1.54) is 5.56 Å². The third-order valence-corrected chi connectivity index (χ3v) is 2.95. The molecule has 0 saturated heterocycles.